The van der Waals surface area contributed by atoms with Crippen LogP contribution in [0.2, 0.25) is 0 Å². The fraction of sp³-hybridized carbons (Fsp3) is 0.600. The van der Waals surface area contributed by atoms with Crippen molar-refractivity contribution in [3.05, 3.63) is 35.9 Å². The Morgan fingerprint density at radius 2 is 1.77 bits per heavy atom. The Balaban J connectivity index is 3.28. The number of nitrogens with zero attached hydrogens (tertiary/aromatic N) is 1. The van der Waals surface area contributed by atoms with Crippen molar-refractivity contribution in [2.45, 2.75) is 77.5 Å². The van der Waals surface area contributed by atoms with Gasteiger partial charge in [-0.2, -0.15) is 0 Å². The van der Waals surface area contributed by atoms with Gasteiger partial charge in [0.2, 0.25) is 17.7 Å². The minimum atomic E-state index is -1.19. The molecule has 0 aromatic heterocycles. The molecular formula is C25H40N4O6. The SMILES string of the molecule is CCCCCNC(=O)C(c1ccccc1)N(CCO)C(=O)C(CCC(N)=O)NC(=O)OC(C)(C)C. The van der Waals surface area contributed by atoms with E-state index in [2.05, 4.69) is 17.6 Å². The van der Waals surface area contributed by atoms with Crippen LogP contribution in [0.4, 0.5) is 4.79 Å². The number of rotatable bonds is 14. The molecule has 1 aromatic rings. The van der Waals surface area contributed by atoms with Crippen LogP contribution < -0.4 is 16.4 Å². The van der Waals surface area contributed by atoms with Crippen molar-refractivity contribution < 1.29 is 29.0 Å². The van der Waals surface area contributed by atoms with Crippen molar-refractivity contribution in [3.8, 4) is 0 Å². The van der Waals surface area contributed by atoms with Gasteiger partial charge in [0.15, 0.2) is 0 Å². The Morgan fingerprint density at radius 1 is 1.11 bits per heavy atom. The number of alkyl carbamates (subject to hydrolysis) is 1. The molecule has 10 nitrogen and oxygen atoms in total. The first kappa shape index (κ1) is 29.9. The number of carbonyl (C=O) groups excluding carboxylic acids is 4. The van der Waals surface area contributed by atoms with Crippen molar-refractivity contribution in [2.75, 3.05) is 19.7 Å². The predicted octanol–water partition coefficient (Wildman–Crippen LogP) is 2.01. The van der Waals surface area contributed by atoms with E-state index in [4.69, 9.17) is 10.5 Å². The molecule has 0 aliphatic heterocycles. The quantitative estimate of drug-likeness (QED) is 0.292. The topological polar surface area (TPSA) is 151 Å². The highest BCUT2D eigenvalue weighted by molar-refractivity contribution is 5.92. The molecule has 10 heteroatoms. The zero-order valence-corrected chi connectivity index (χ0v) is 21.2. The highest BCUT2D eigenvalue weighted by atomic mass is 16.6. The fourth-order valence-corrected chi connectivity index (χ4v) is 3.46. The Bertz CT molecular complexity index is 825. The number of hydrogen-bond acceptors (Lipinski definition) is 6. The first-order valence-corrected chi connectivity index (χ1v) is 12.0. The number of aliphatic hydroxyl groups excluding tert-OH is 1. The second kappa shape index (κ2) is 15.0. The van der Waals surface area contributed by atoms with E-state index in [9.17, 15) is 24.3 Å². The number of primary amides is 1. The maximum absolute atomic E-state index is 13.7. The maximum Gasteiger partial charge on any atom is 0.408 e. The van der Waals surface area contributed by atoms with E-state index >= 15 is 0 Å². The van der Waals surface area contributed by atoms with E-state index in [1.165, 1.54) is 4.90 Å². The molecule has 0 fully saturated rings. The van der Waals surface area contributed by atoms with E-state index in [0.717, 1.165) is 19.3 Å². The molecule has 196 valence electrons. The van der Waals surface area contributed by atoms with Gasteiger partial charge in [0.25, 0.3) is 0 Å². The molecule has 0 saturated heterocycles. The Morgan fingerprint density at radius 3 is 2.31 bits per heavy atom. The van der Waals surface area contributed by atoms with Crippen LogP contribution >= 0.6 is 0 Å². The summed E-state index contributed by atoms with van der Waals surface area (Å²) < 4.78 is 5.27. The van der Waals surface area contributed by atoms with Crippen molar-refractivity contribution in [1.29, 1.82) is 0 Å². The molecule has 0 saturated carbocycles. The summed E-state index contributed by atoms with van der Waals surface area (Å²) in [5, 5.41) is 15.1. The third-order valence-corrected chi connectivity index (χ3v) is 5.05. The summed E-state index contributed by atoms with van der Waals surface area (Å²) in [4.78, 5) is 52.0. The molecule has 0 aliphatic carbocycles. The van der Waals surface area contributed by atoms with E-state index in [1.54, 1.807) is 51.1 Å². The largest absolute Gasteiger partial charge is 0.444 e. The van der Waals surface area contributed by atoms with E-state index < -0.39 is 48.1 Å². The lowest BCUT2D eigenvalue weighted by atomic mass is 10.0. The monoisotopic (exact) mass is 492 g/mol. The smallest absolute Gasteiger partial charge is 0.408 e. The lowest BCUT2D eigenvalue weighted by Gasteiger charge is -2.34. The number of ether oxygens (including phenoxy) is 1. The zero-order valence-electron chi connectivity index (χ0n) is 21.2. The Hall–Kier alpha value is -3.14. The third-order valence-electron chi connectivity index (χ3n) is 5.05. The summed E-state index contributed by atoms with van der Waals surface area (Å²) in [5.41, 5.74) is 5.02. The first-order valence-electron chi connectivity index (χ1n) is 12.0. The second-order valence-electron chi connectivity index (χ2n) is 9.27. The average molecular weight is 493 g/mol. The molecule has 5 N–H and O–H groups in total. The van der Waals surface area contributed by atoms with Gasteiger partial charge in [-0.15, -0.1) is 0 Å². The van der Waals surface area contributed by atoms with Crippen molar-refractivity contribution in [2.24, 2.45) is 5.73 Å². The van der Waals surface area contributed by atoms with Crippen LogP contribution in [-0.4, -0.2) is 65.2 Å². The summed E-state index contributed by atoms with van der Waals surface area (Å²) in [6, 6.07) is 6.48. The van der Waals surface area contributed by atoms with Crippen LogP contribution in [0, 0.1) is 0 Å². The fourth-order valence-electron chi connectivity index (χ4n) is 3.46. The van der Waals surface area contributed by atoms with Gasteiger partial charge < -0.3 is 31.1 Å². The van der Waals surface area contributed by atoms with Gasteiger partial charge >= 0.3 is 6.09 Å². The van der Waals surface area contributed by atoms with Crippen LogP contribution in [-0.2, 0) is 19.1 Å². The van der Waals surface area contributed by atoms with E-state index in [-0.39, 0.29) is 19.4 Å². The van der Waals surface area contributed by atoms with Gasteiger partial charge in [-0.1, -0.05) is 50.1 Å². The minimum absolute atomic E-state index is 0.0883. The number of carbonyl (C=O) groups is 4. The lowest BCUT2D eigenvalue weighted by Crippen LogP contribution is -2.54. The Kier molecular flexibility index (Phi) is 12.8. The summed E-state index contributed by atoms with van der Waals surface area (Å²) in [6.07, 6.45) is 1.63. The van der Waals surface area contributed by atoms with Gasteiger partial charge in [0.1, 0.15) is 17.7 Å². The van der Waals surface area contributed by atoms with Gasteiger partial charge in [-0.05, 0) is 39.2 Å². The van der Waals surface area contributed by atoms with Crippen molar-refractivity contribution >= 4 is 23.8 Å². The highest BCUT2D eigenvalue weighted by Gasteiger charge is 2.36. The van der Waals surface area contributed by atoms with Crippen molar-refractivity contribution in [3.63, 3.8) is 0 Å². The number of hydrogen-bond donors (Lipinski definition) is 4. The van der Waals surface area contributed by atoms with Crippen molar-refractivity contribution in [1.82, 2.24) is 15.5 Å². The highest BCUT2D eigenvalue weighted by Crippen LogP contribution is 2.23. The van der Waals surface area contributed by atoms with Gasteiger partial charge in [-0.25, -0.2) is 4.79 Å². The molecular weight excluding hydrogens is 452 g/mol. The molecule has 2 atom stereocenters. The van der Waals surface area contributed by atoms with E-state index in [1.807, 2.05) is 0 Å². The normalized spacial score (nSPS) is 12.8. The molecule has 2 unspecified atom stereocenters. The average Bonchev–Trinajstić information content (AvgIpc) is 2.78. The summed E-state index contributed by atoms with van der Waals surface area (Å²) >= 11 is 0. The molecule has 35 heavy (non-hydrogen) atoms. The van der Waals surface area contributed by atoms with Crippen LogP contribution in [0.25, 0.3) is 0 Å². The molecule has 1 rings (SSSR count). The molecule has 4 amide bonds. The second-order valence-corrected chi connectivity index (χ2v) is 9.27. The maximum atomic E-state index is 13.7. The molecule has 0 bridgehead atoms. The summed E-state index contributed by atoms with van der Waals surface area (Å²) in [6.45, 7) is 6.97. The van der Waals surface area contributed by atoms with Crippen LogP contribution in [0.15, 0.2) is 30.3 Å². The summed E-state index contributed by atoms with van der Waals surface area (Å²) in [7, 11) is 0. The molecule has 0 aliphatic rings. The van der Waals surface area contributed by atoms with Gasteiger partial charge in [0.05, 0.1) is 6.61 Å². The predicted molar refractivity (Wildman–Crippen MR) is 132 cm³/mol. The molecule has 0 radical (unpaired) electrons. The van der Waals surface area contributed by atoms with Gasteiger partial charge in [-0.3, -0.25) is 14.4 Å². The van der Waals surface area contributed by atoms with E-state index in [0.29, 0.717) is 12.1 Å². The molecule has 1 aromatic carbocycles. The van der Waals surface area contributed by atoms with Crippen LogP contribution in [0.1, 0.15) is 71.4 Å². The molecule has 0 spiro atoms. The Labute approximate surface area is 207 Å². The summed E-state index contributed by atoms with van der Waals surface area (Å²) in [5.74, 6) is -1.68. The standard InChI is InChI=1S/C25H40N4O6/c1-5-6-10-15-27-22(32)21(18-11-8-7-9-12-18)29(16-17-30)23(33)19(13-14-20(26)31)28-24(34)35-25(2,3)4/h7-9,11-12,19,21,30H,5-6,10,13-17H2,1-4H3,(H2,26,31)(H,27,32)(H,28,34). The van der Waals surface area contributed by atoms with Crippen LogP contribution in [0.3, 0.4) is 0 Å². The van der Waals surface area contributed by atoms with Crippen LogP contribution in [0.5, 0.6) is 0 Å². The number of nitrogens with two attached hydrogens (primary N) is 1. The minimum Gasteiger partial charge on any atom is -0.444 e. The number of nitrogens with one attached hydrogen (secondary N) is 2. The number of amides is 4. The zero-order chi connectivity index (χ0) is 26.4. The lowest BCUT2D eigenvalue weighted by molar-refractivity contribution is -0.143. The third kappa shape index (κ3) is 11.2. The number of unbranched alkanes of at least 4 members (excludes halogenated alkanes) is 2. The number of benzene rings is 1. The molecule has 0 heterocycles. The number of aliphatic hydroxyl groups is 1. The first-order chi connectivity index (χ1) is 16.5. The van der Waals surface area contributed by atoms with Gasteiger partial charge in [0, 0.05) is 19.5 Å².